The molecule has 4 heteroatoms. The first kappa shape index (κ1) is 14.6. The number of nitrogens with zero attached hydrogens (tertiary/aromatic N) is 2. The van der Waals surface area contributed by atoms with Crippen LogP contribution in [0.25, 0.3) is 0 Å². The minimum absolute atomic E-state index is 0.0231. The van der Waals surface area contributed by atoms with Gasteiger partial charge in [-0.15, -0.1) is 0 Å². The van der Waals surface area contributed by atoms with E-state index in [1.165, 1.54) is 0 Å². The lowest BCUT2D eigenvalue weighted by Gasteiger charge is -2.36. The standard InChI is InChI=1S/C14H22N2O2/c1-6-14(7-2,16(3)4)13(17)12-11(18-5)9-8-10-15-12/h8-10H,6-7H2,1-5H3. The number of likely N-dealkylation sites (N-methyl/N-ethyl adjacent to an activating group) is 1. The molecule has 0 amide bonds. The van der Waals surface area contributed by atoms with Crippen molar-refractivity contribution in [2.24, 2.45) is 0 Å². The molecule has 0 spiro atoms. The van der Waals surface area contributed by atoms with Crippen LogP contribution in [0.3, 0.4) is 0 Å². The number of methoxy groups -OCH3 is 1. The summed E-state index contributed by atoms with van der Waals surface area (Å²) in [5.41, 5.74) is -0.0980. The summed E-state index contributed by atoms with van der Waals surface area (Å²) in [4.78, 5) is 18.9. The van der Waals surface area contributed by atoms with Crippen LogP contribution in [0.1, 0.15) is 37.2 Å². The maximum Gasteiger partial charge on any atom is 0.205 e. The Kier molecular flexibility index (Phi) is 4.84. The number of pyridine rings is 1. The Morgan fingerprint density at radius 1 is 1.39 bits per heavy atom. The van der Waals surface area contributed by atoms with Crippen molar-refractivity contribution in [2.75, 3.05) is 21.2 Å². The van der Waals surface area contributed by atoms with Gasteiger partial charge in [0.05, 0.1) is 12.6 Å². The van der Waals surface area contributed by atoms with Crippen LogP contribution in [0.15, 0.2) is 18.3 Å². The molecule has 0 saturated heterocycles. The van der Waals surface area contributed by atoms with Gasteiger partial charge in [-0.2, -0.15) is 0 Å². The molecule has 0 unspecified atom stereocenters. The fraction of sp³-hybridized carbons (Fsp3) is 0.571. The topological polar surface area (TPSA) is 42.4 Å². The van der Waals surface area contributed by atoms with Crippen molar-refractivity contribution in [3.63, 3.8) is 0 Å². The molecule has 0 aliphatic heterocycles. The van der Waals surface area contributed by atoms with Crippen LogP contribution in [0.5, 0.6) is 5.75 Å². The van der Waals surface area contributed by atoms with Gasteiger partial charge in [-0.25, -0.2) is 4.98 Å². The monoisotopic (exact) mass is 250 g/mol. The van der Waals surface area contributed by atoms with Gasteiger partial charge in [0.15, 0.2) is 0 Å². The number of carbonyl (C=O) groups excluding carboxylic acids is 1. The zero-order valence-electron chi connectivity index (χ0n) is 11.9. The zero-order valence-corrected chi connectivity index (χ0v) is 11.9. The second-order valence-corrected chi connectivity index (χ2v) is 4.52. The van der Waals surface area contributed by atoms with Crippen molar-refractivity contribution in [1.82, 2.24) is 9.88 Å². The number of hydrogen-bond acceptors (Lipinski definition) is 4. The smallest absolute Gasteiger partial charge is 0.205 e. The molecule has 1 aromatic heterocycles. The van der Waals surface area contributed by atoms with E-state index in [9.17, 15) is 4.79 Å². The Hall–Kier alpha value is -1.42. The number of Topliss-reactive ketones (excluding diaryl/α,β-unsaturated/α-hetero) is 1. The maximum absolute atomic E-state index is 12.8. The van der Waals surface area contributed by atoms with Crippen LogP contribution in [0.2, 0.25) is 0 Å². The Balaban J connectivity index is 3.26. The first-order valence-electron chi connectivity index (χ1n) is 6.24. The first-order valence-corrected chi connectivity index (χ1v) is 6.24. The SMILES string of the molecule is CCC(CC)(C(=O)c1ncccc1OC)N(C)C. The lowest BCUT2D eigenvalue weighted by molar-refractivity contribution is 0.0647. The molecule has 0 saturated carbocycles. The molecule has 0 N–H and O–H groups in total. The highest BCUT2D eigenvalue weighted by molar-refractivity contribution is 6.03. The number of ether oxygens (including phenoxy) is 1. The average molecular weight is 250 g/mol. The van der Waals surface area contributed by atoms with Crippen LogP contribution >= 0.6 is 0 Å². The molecule has 0 radical (unpaired) electrons. The summed E-state index contributed by atoms with van der Waals surface area (Å²) in [6.07, 6.45) is 3.12. The fourth-order valence-electron chi connectivity index (χ4n) is 2.35. The number of carbonyl (C=O) groups is 1. The summed E-state index contributed by atoms with van der Waals surface area (Å²) in [6, 6.07) is 3.54. The van der Waals surface area contributed by atoms with Crippen LogP contribution in [0.4, 0.5) is 0 Å². The highest BCUT2D eigenvalue weighted by Gasteiger charge is 2.39. The Morgan fingerprint density at radius 2 is 2.00 bits per heavy atom. The number of ketones is 1. The molecule has 0 aromatic carbocycles. The van der Waals surface area contributed by atoms with Gasteiger partial charge in [-0.05, 0) is 39.1 Å². The van der Waals surface area contributed by atoms with Gasteiger partial charge in [-0.1, -0.05) is 13.8 Å². The van der Waals surface area contributed by atoms with Gasteiger partial charge in [0.2, 0.25) is 5.78 Å². The zero-order chi connectivity index (χ0) is 13.8. The lowest BCUT2D eigenvalue weighted by atomic mass is 9.84. The Morgan fingerprint density at radius 3 is 2.44 bits per heavy atom. The number of aromatic nitrogens is 1. The molecule has 18 heavy (non-hydrogen) atoms. The van der Waals surface area contributed by atoms with Crippen LogP contribution in [0, 0.1) is 0 Å². The molecule has 1 heterocycles. The molecular weight excluding hydrogens is 228 g/mol. The van der Waals surface area contributed by atoms with Gasteiger partial charge in [-0.3, -0.25) is 9.69 Å². The van der Waals surface area contributed by atoms with Gasteiger partial charge < -0.3 is 4.74 Å². The van der Waals surface area contributed by atoms with Crippen LogP contribution < -0.4 is 4.74 Å². The summed E-state index contributed by atoms with van der Waals surface area (Å²) in [6.45, 7) is 4.05. The molecule has 0 bridgehead atoms. The Labute approximate surface area is 109 Å². The van der Waals surface area contributed by atoms with E-state index in [0.717, 1.165) is 12.8 Å². The highest BCUT2D eigenvalue weighted by atomic mass is 16.5. The minimum atomic E-state index is -0.512. The second kappa shape index (κ2) is 5.96. The summed E-state index contributed by atoms with van der Waals surface area (Å²) < 4.78 is 5.23. The van der Waals surface area contributed by atoms with Gasteiger partial charge in [0.1, 0.15) is 11.4 Å². The van der Waals surface area contributed by atoms with Crippen molar-refractivity contribution in [3.8, 4) is 5.75 Å². The van der Waals surface area contributed by atoms with Crippen molar-refractivity contribution >= 4 is 5.78 Å². The van der Waals surface area contributed by atoms with Crippen molar-refractivity contribution in [2.45, 2.75) is 32.2 Å². The number of rotatable bonds is 6. The van der Waals surface area contributed by atoms with Crippen molar-refractivity contribution < 1.29 is 9.53 Å². The molecule has 0 atom stereocenters. The largest absolute Gasteiger partial charge is 0.494 e. The van der Waals surface area contributed by atoms with E-state index in [0.29, 0.717) is 11.4 Å². The van der Waals surface area contributed by atoms with E-state index in [1.807, 2.05) is 32.8 Å². The summed E-state index contributed by atoms with van der Waals surface area (Å²) >= 11 is 0. The van der Waals surface area contributed by atoms with E-state index in [2.05, 4.69) is 4.98 Å². The molecule has 0 aliphatic rings. The predicted molar refractivity (Wildman–Crippen MR) is 72.1 cm³/mol. The maximum atomic E-state index is 12.8. The third-order valence-corrected chi connectivity index (χ3v) is 3.65. The molecule has 1 aromatic rings. The summed E-state index contributed by atoms with van der Waals surface area (Å²) in [7, 11) is 5.42. The number of hydrogen-bond donors (Lipinski definition) is 0. The van der Waals surface area contributed by atoms with Crippen molar-refractivity contribution in [1.29, 1.82) is 0 Å². The Bertz CT molecular complexity index is 412. The molecule has 0 fully saturated rings. The lowest BCUT2D eigenvalue weighted by Crippen LogP contribution is -2.50. The molecule has 1 rings (SSSR count). The van der Waals surface area contributed by atoms with E-state index < -0.39 is 5.54 Å². The van der Waals surface area contributed by atoms with Crippen LogP contribution in [-0.4, -0.2) is 42.4 Å². The molecule has 100 valence electrons. The normalized spacial score (nSPS) is 11.7. The quantitative estimate of drug-likeness (QED) is 0.727. The molecular formula is C14H22N2O2. The first-order chi connectivity index (χ1) is 8.53. The second-order valence-electron chi connectivity index (χ2n) is 4.52. The average Bonchev–Trinajstić information content (AvgIpc) is 2.40. The van der Waals surface area contributed by atoms with E-state index >= 15 is 0 Å². The van der Waals surface area contributed by atoms with Crippen LogP contribution in [-0.2, 0) is 0 Å². The van der Waals surface area contributed by atoms with E-state index in [-0.39, 0.29) is 5.78 Å². The van der Waals surface area contributed by atoms with E-state index in [4.69, 9.17) is 4.74 Å². The van der Waals surface area contributed by atoms with Crippen molar-refractivity contribution in [3.05, 3.63) is 24.0 Å². The predicted octanol–water partition coefficient (Wildman–Crippen LogP) is 2.39. The van der Waals surface area contributed by atoms with Gasteiger partial charge in [0.25, 0.3) is 0 Å². The molecule has 4 nitrogen and oxygen atoms in total. The van der Waals surface area contributed by atoms with E-state index in [1.54, 1.807) is 25.4 Å². The summed E-state index contributed by atoms with van der Waals surface area (Å²) in [5, 5.41) is 0. The highest BCUT2D eigenvalue weighted by Crippen LogP contribution is 2.29. The van der Waals surface area contributed by atoms with Gasteiger partial charge in [0, 0.05) is 6.20 Å². The fourth-order valence-corrected chi connectivity index (χ4v) is 2.35. The molecule has 0 aliphatic carbocycles. The third-order valence-electron chi connectivity index (χ3n) is 3.65. The summed E-state index contributed by atoms with van der Waals surface area (Å²) in [5.74, 6) is 0.561. The third kappa shape index (κ3) is 2.38. The van der Waals surface area contributed by atoms with Gasteiger partial charge >= 0.3 is 0 Å². The minimum Gasteiger partial charge on any atom is -0.494 e.